The zero-order chi connectivity index (χ0) is 14.6. The molecule has 2 N–H and O–H groups in total. The Hall–Kier alpha value is -1.72. The molecule has 0 spiro atoms. The lowest BCUT2D eigenvalue weighted by atomic mass is 10.1. The SMILES string of the molecule is CCCC(C)Nc1cc(C(F)(F)F)ccc1C(=O)O. The standard InChI is InChI=1S/C13H16F3NO2/c1-3-4-8(2)17-11-7-9(13(14,15)16)5-6-10(11)12(18)19/h5-8,17H,3-4H2,1-2H3,(H,18,19). The number of carboxylic acids is 1. The predicted octanol–water partition coefficient (Wildman–Crippen LogP) is 4.00. The minimum absolute atomic E-state index is 0.00303. The van der Waals surface area contributed by atoms with Crippen molar-refractivity contribution in [1.29, 1.82) is 0 Å². The first-order valence-electron chi connectivity index (χ1n) is 5.96. The van der Waals surface area contributed by atoms with Crippen LogP contribution in [0.25, 0.3) is 0 Å². The van der Waals surface area contributed by atoms with Crippen molar-refractivity contribution in [3.8, 4) is 0 Å². The molecule has 0 aromatic heterocycles. The van der Waals surface area contributed by atoms with Crippen LogP contribution in [0.2, 0.25) is 0 Å². The quantitative estimate of drug-likeness (QED) is 0.853. The zero-order valence-corrected chi connectivity index (χ0v) is 10.7. The van der Waals surface area contributed by atoms with Crippen molar-refractivity contribution in [3.63, 3.8) is 0 Å². The second-order valence-electron chi connectivity index (χ2n) is 4.40. The molecule has 3 nitrogen and oxygen atoms in total. The van der Waals surface area contributed by atoms with Crippen molar-refractivity contribution < 1.29 is 23.1 Å². The second kappa shape index (κ2) is 5.95. The van der Waals surface area contributed by atoms with Gasteiger partial charge in [0.2, 0.25) is 0 Å². The summed E-state index contributed by atoms with van der Waals surface area (Å²) >= 11 is 0. The lowest BCUT2D eigenvalue weighted by Gasteiger charge is -2.18. The summed E-state index contributed by atoms with van der Waals surface area (Å²) in [6.45, 7) is 3.75. The number of hydrogen-bond acceptors (Lipinski definition) is 2. The molecule has 0 saturated carbocycles. The summed E-state index contributed by atoms with van der Waals surface area (Å²) in [5.74, 6) is -1.25. The third-order valence-electron chi connectivity index (χ3n) is 2.70. The first-order valence-corrected chi connectivity index (χ1v) is 5.96. The number of nitrogens with one attached hydrogen (secondary N) is 1. The molecule has 0 amide bonds. The molecular weight excluding hydrogens is 259 g/mol. The van der Waals surface area contributed by atoms with Crippen LogP contribution in [-0.2, 0) is 6.18 Å². The molecule has 6 heteroatoms. The van der Waals surface area contributed by atoms with Crippen molar-refractivity contribution in [1.82, 2.24) is 0 Å². The Morgan fingerprint density at radius 3 is 2.53 bits per heavy atom. The molecule has 0 bridgehead atoms. The van der Waals surface area contributed by atoms with Crippen molar-refractivity contribution in [2.75, 3.05) is 5.32 Å². The molecule has 1 aromatic carbocycles. The Kier molecular flexibility index (Phi) is 4.80. The summed E-state index contributed by atoms with van der Waals surface area (Å²) < 4.78 is 37.8. The largest absolute Gasteiger partial charge is 0.478 e. The van der Waals surface area contributed by atoms with Crippen LogP contribution in [0.1, 0.15) is 42.6 Å². The predicted molar refractivity (Wildman–Crippen MR) is 66.4 cm³/mol. The van der Waals surface area contributed by atoms with E-state index in [1.54, 1.807) is 6.92 Å². The molecular formula is C13H16F3NO2. The van der Waals surface area contributed by atoms with Gasteiger partial charge in [0.15, 0.2) is 0 Å². The number of anilines is 1. The molecule has 0 heterocycles. The number of rotatable bonds is 5. The summed E-state index contributed by atoms with van der Waals surface area (Å²) in [6.07, 6.45) is -2.88. The number of hydrogen-bond donors (Lipinski definition) is 2. The number of halogens is 3. The molecule has 0 saturated heterocycles. The average Bonchev–Trinajstić information content (AvgIpc) is 2.27. The maximum atomic E-state index is 12.6. The number of aromatic carboxylic acids is 1. The smallest absolute Gasteiger partial charge is 0.416 e. The molecule has 1 aromatic rings. The van der Waals surface area contributed by atoms with E-state index in [1.807, 2.05) is 6.92 Å². The minimum Gasteiger partial charge on any atom is -0.478 e. The third-order valence-corrected chi connectivity index (χ3v) is 2.70. The van der Waals surface area contributed by atoms with Gasteiger partial charge in [0.25, 0.3) is 0 Å². The van der Waals surface area contributed by atoms with E-state index in [9.17, 15) is 18.0 Å². The molecule has 1 unspecified atom stereocenters. The lowest BCUT2D eigenvalue weighted by Crippen LogP contribution is -2.18. The molecule has 0 aliphatic heterocycles. The number of carbonyl (C=O) groups is 1. The van der Waals surface area contributed by atoms with Gasteiger partial charge in [0.05, 0.1) is 11.1 Å². The van der Waals surface area contributed by atoms with Gasteiger partial charge in [-0.2, -0.15) is 13.2 Å². The Morgan fingerprint density at radius 2 is 2.05 bits per heavy atom. The summed E-state index contributed by atoms with van der Waals surface area (Å²) in [5.41, 5.74) is -1.01. The number of carboxylic acid groups (broad SMARTS) is 1. The van der Waals surface area contributed by atoms with Crippen LogP contribution in [0.15, 0.2) is 18.2 Å². The van der Waals surface area contributed by atoms with Crippen LogP contribution in [0, 0.1) is 0 Å². The van der Waals surface area contributed by atoms with Crippen molar-refractivity contribution >= 4 is 11.7 Å². The van der Waals surface area contributed by atoms with E-state index in [1.165, 1.54) is 0 Å². The fraction of sp³-hybridized carbons (Fsp3) is 0.462. The highest BCUT2D eigenvalue weighted by Crippen LogP contribution is 2.32. The van der Waals surface area contributed by atoms with Gasteiger partial charge in [-0.1, -0.05) is 13.3 Å². The molecule has 1 rings (SSSR count). The molecule has 0 aliphatic carbocycles. The van der Waals surface area contributed by atoms with Gasteiger partial charge in [-0.15, -0.1) is 0 Å². The first kappa shape index (κ1) is 15.3. The minimum atomic E-state index is -4.48. The van der Waals surface area contributed by atoms with E-state index in [0.717, 1.165) is 31.0 Å². The Bertz CT molecular complexity index is 458. The van der Waals surface area contributed by atoms with Gasteiger partial charge in [-0.05, 0) is 31.5 Å². The fourth-order valence-corrected chi connectivity index (χ4v) is 1.80. The second-order valence-corrected chi connectivity index (χ2v) is 4.40. The molecule has 106 valence electrons. The Balaban J connectivity index is 3.12. The van der Waals surface area contributed by atoms with E-state index in [0.29, 0.717) is 0 Å². The van der Waals surface area contributed by atoms with E-state index in [-0.39, 0.29) is 17.3 Å². The molecule has 0 radical (unpaired) electrons. The van der Waals surface area contributed by atoms with Gasteiger partial charge >= 0.3 is 12.1 Å². The van der Waals surface area contributed by atoms with Gasteiger partial charge in [-0.3, -0.25) is 0 Å². The van der Waals surface area contributed by atoms with Gasteiger partial charge in [-0.25, -0.2) is 4.79 Å². The summed E-state index contributed by atoms with van der Waals surface area (Å²) in [5, 5.41) is 11.8. The lowest BCUT2D eigenvalue weighted by molar-refractivity contribution is -0.137. The van der Waals surface area contributed by atoms with Crippen LogP contribution in [-0.4, -0.2) is 17.1 Å². The van der Waals surface area contributed by atoms with Crippen LogP contribution < -0.4 is 5.32 Å². The van der Waals surface area contributed by atoms with E-state index in [2.05, 4.69) is 5.32 Å². The average molecular weight is 275 g/mol. The number of benzene rings is 1. The molecule has 19 heavy (non-hydrogen) atoms. The maximum absolute atomic E-state index is 12.6. The highest BCUT2D eigenvalue weighted by Gasteiger charge is 2.31. The molecule has 0 fully saturated rings. The van der Waals surface area contributed by atoms with Crippen LogP contribution in [0.5, 0.6) is 0 Å². The first-order chi connectivity index (χ1) is 8.75. The van der Waals surface area contributed by atoms with Gasteiger partial charge < -0.3 is 10.4 Å². The monoisotopic (exact) mass is 275 g/mol. The van der Waals surface area contributed by atoms with E-state index in [4.69, 9.17) is 5.11 Å². The van der Waals surface area contributed by atoms with Gasteiger partial charge in [0, 0.05) is 11.7 Å². The summed E-state index contributed by atoms with van der Waals surface area (Å²) in [7, 11) is 0. The fourth-order valence-electron chi connectivity index (χ4n) is 1.80. The zero-order valence-electron chi connectivity index (χ0n) is 10.7. The van der Waals surface area contributed by atoms with E-state index >= 15 is 0 Å². The highest BCUT2D eigenvalue weighted by molar-refractivity contribution is 5.94. The molecule has 0 aliphatic rings. The van der Waals surface area contributed by atoms with Crippen LogP contribution >= 0.6 is 0 Å². The van der Waals surface area contributed by atoms with Crippen molar-refractivity contribution in [2.24, 2.45) is 0 Å². The number of alkyl halides is 3. The van der Waals surface area contributed by atoms with Gasteiger partial charge in [0.1, 0.15) is 0 Å². The summed E-state index contributed by atoms with van der Waals surface area (Å²) in [6, 6.07) is 2.51. The Labute approximate surface area is 109 Å². The highest BCUT2D eigenvalue weighted by atomic mass is 19.4. The normalized spacial score (nSPS) is 13.1. The summed E-state index contributed by atoms with van der Waals surface area (Å²) in [4.78, 5) is 11.0. The maximum Gasteiger partial charge on any atom is 0.416 e. The van der Waals surface area contributed by atoms with Crippen molar-refractivity contribution in [3.05, 3.63) is 29.3 Å². The van der Waals surface area contributed by atoms with Crippen molar-refractivity contribution in [2.45, 2.75) is 38.9 Å². The van der Waals surface area contributed by atoms with Crippen LogP contribution in [0.3, 0.4) is 0 Å². The third kappa shape index (κ3) is 4.15. The Morgan fingerprint density at radius 1 is 1.42 bits per heavy atom. The molecule has 1 atom stereocenters. The topological polar surface area (TPSA) is 49.3 Å². The van der Waals surface area contributed by atoms with Crippen LogP contribution in [0.4, 0.5) is 18.9 Å². The van der Waals surface area contributed by atoms with E-state index < -0.39 is 17.7 Å².